The van der Waals surface area contributed by atoms with Crippen molar-refractivity contribution in [2.75, 3.05) is 0 Å². The number of aromatic nitrogens is 3. The largest absolute Gasteiger partial charge is 0.416 e. The molecule has 9 heteroatoms. The third kappa shape index (κ3) is 7.80. The highest BCUT2D eigenvalue weighted by molar-refractivity contribution is 6.12. The number of nitrogens with zero attached hydrogens (tertiary/aromatic N) is 3. The maximum absolute atomic E-state index is 14.1. The Morgan fingerprint density at radius 3 is 1.35 bits per heavy atom. The fourth-order valence-corrected chi connectivity index (χ4v) is 9.22. The maximum Gasteiger partial charge on any atom is 0.416 e. The highest BCUT2D eigenvalue weighted by atomic mass is 19.4. The fraction of sp³-hybridized carbons (Fsp3) is 0.0877. The minimum atomic E-state index is -4.59. The fourth-order valence-electron chi connectivity index (χ4n) is 9.22. The summed E-state index contributed by atoms with van der Waals surface area (Å²) in [5.41, 5.74) is 11.5. The van der Waals surface area contributed by atoms with E-state index < -0.39 is 23.5 Å². The van der Waals surface area contributed by atoms with Gasteiger partial charge in [-0.1, -0.05) is 127 Å². The monoisotopic (exact) mass is 879 g/mol. The van der Waals surface area contributed by atoms with Gasteiger partial charge in [0, 0.05) is 38.6 Å². The lowest BCUT2D eigenvalue weighted by molar-refractivity contribution is -0.138. The van der Waals surface area contributed by atoms with Gasteiger partial charge in [-0.2, -0.15) is 26.3 Å². The van der Waals surface area contributed by atoms with Crippen molar-refractivity contribution in [3.8, 4) is 73.0 Å². The molecule has 66 heavy (non-hydrogen) atoms. The molecule has 2 heterocycles. The van der Waals surface area contributed by atoms with Crippen LogP contribution in [-0.2, 0) is 12.4 Å². The summed E-state index contributed by atoms with van der Waals surface area (Å²) in [5, 5.41) is 1.85. The second-order valence-corrected chi connectivity index (χ2v) is 16.6. The SMILES string of the molecule is Cc1cc(C)c(-c2ccc3c(c2)c2ccccc2n3-c2c(-c3ccc(C(F)(F)F)cc3)cc(-c3nc(-c4ccccc4)cc(-c4ccccc4)n3)cc2-c2ccc(C(F)(F)F)cc2)c(C)c1. The van der Waals surface area contributed by atoms with Gasteiger partial charge in [-0.05, 0) is 115 Å². The number of para-hydroxylation sites is 1. The molecule has 0 spiro atoms. The Balaban J connectivity index is 1.32. The van der Waals surface area contributed by atoms with Crippen LogP contribution in [0.5, 0.6) is 0 Å². The first-order chi connectivity index (χ1) is 31.7. The van der Waals surface area contributed by atoms with Gasteiger partial charge >= 0.3 is 12.4 Å². The zero-order chi connectivity index (χ0) is 45.9. The van der Waals surface area contributed by atoms with Crippen molar-refractivity contribution in [2.24, 2.45) is 0 Å². The van der Waals surface area contributed by atoms with E-state index in [4.69, 9.17) is 9.97 Å². The van der Waals surface area contributed by atoms with Gasteiger partial charge in [-0.3, -0.25) is 0 Å². The highest BCUT2D eigenvalue weighted by Crippen LogP contribution is 2.46. The van der Waals surface area contributed by atoms with Crippen molar-refractivity contribution in [1.82, 2.24) is 14.5 Å². The van der Waals surface area contributed by atoms with E-state index in [1.807, 2.05) is 109 Å². The summed E-state index contributed by atoms with van der Waals surface area (Å²) in [5.74, 6) is 0.318. The Kier molecular flexibility index (Phi) is 10.4. The number of alkyl halides is 6. The highest BCUT2D eigenvalue weighted by Gasteiger charge is 2.32. The second-order valence-electron chi connectivity index (χ2n) is 16.6. The number of halogens is 6. The van der Waals surface area contributed by atoms with Crippen molar-refractivity contribution in [3.05, 3.63) is 210 Å². The molecule has 0 unspecified atom stereocenters. The molecule has 0 saturated heterocycles. The predicted octanol–water partition coefficient (Wildman–Crippen LogP) is 16.5. The van der Waals surface area contributed by atoms with Crippen molar-refractivity contribution in [2.45, 2.75) is 33.1 Å². The van der Waals surface area contributed by atoms with E-state index in [9.17, 15) is 26.3 Å². The summed E-state index contributed by atoms with van der Waals surface area (Å²) in [6, 6.07) is 53.4. The second kappa shape index (κ2) is 16.3. The van der Waals surface area contributed by atoms with Gasteiger partial charge in [0.25, 0.3) is 0 Å². The number of aryl methyl sites for hydroxylation is 3. The van der Waals surface area contributed by atoms with Crippen molar-refractivity contribution in [1.29, 1.82) is 0 Å². The molecule has 0 aliphatic rings. The standard InChI is InChI=1S/C57H39F6N3/c1-34-28-35(2)53(36(3)29-34)41-22-27-52-48(30-41)45-16-10-11-17-51(45)66(52)54-46(37-18-23-43(24-19-37)56(58,59)60)31-42(32-47(54)38-20-25-44(26-21-38)57(61,62)63)55-64-49(39-12-6-4-7-13-39)33-50(65-55)40-14-8-5-9-15-40/h4-33H,1-3H3. The molecule has 0 aliphatic heterocycles. The molecule has 0 amide bonds. The van der Waals surface area contributed by atoms with E-state index in [0.717, 1.165) is 85.0 Å². The van der Waals surface area contributed by atoms with Gasteiger partial charge in [0.1, 0.15) is 0 Å². The Morgan fingerprint density at radius 1 is 0.394 bits per heavy atom. The summed E-state index contributed by atoms with van der Waals surface area (Å²) in [4.78, 5) is 10.2. The maximum atomic E-state index is 14.1. The van der Waals surface area contributed by atoms with E-state index in [-0.39, 0.29) is 0 Å². The van der Waals surface area contributed by atoms with E-state index in [1.165, 1.54) is 24.3 Å². The Bertz CT molecular complexity index is 3280. The molecular formula is C57H39F6N3. The lowest BCUT2D eigenvalue weighted by Gasteiger charge is -2.22. The Hall–Kier alpha value is -7.78. The van der Waals surface area contributed by atoms with Crippen LogP contribution in [0, 0.1) is 20.8 Å². The lowest BCUT2D eigenvalue weighted by Crippen LogP contribution is -2.06. The number of rotatable bonds is 7. The lowest BCUT2D eigenvalue weighted by atomic mass is 9.91. The summed E-state index contributed by atoms with van der Waals surface area (Å²) >= 11 is 0. The molecule has 324 valence electrons. The molecule has 8 aromatic carbocycles. The number of benzene rings is 8. The van der Waals surface area contributed by atoms with Gasteiger partial charge in [0.2, 0.25) is 0 Å². The van der Waals surface area contributed by atoms with Gasteiger partial charge in [0.15, 0.2) is 5.82 Å². The van der Waals surface area contributed by atoms with Crippen LogP contribution in [0.1, 0.15) is 27.8 Å². The van der Waals surface area contributed by atoms with Crippen LogP contribution in [0.2, 0.25) is 0 Å². The average molecular weight is 880 g/mol. The normalized spacial score (nSPS) is 12.0. The Morgan fingerprint density at radius 2 is 0.848 bits per heavy atom. The Labute approximate surface area is 377 Å². The van der Waals surface area contributed by atoms with Crippen LogP contribution in [0.15, 0.2) is 182 Å². The van der Waals surface area contributed by atoms with Crippen LogP contribution in [-0.4, -0.2) is 14.5 Å². The van der Waals surface area contributed by atoms with Crippen molar-refractivity contribution < 1.29 is 26.3 Å². The molecule has 0 bridgehead atoms. The first kappa shape index (κ1) is 42.2. The van der Waals surface area contributed by atoms with Crippen molar-refractivity contribution in [3.63, 3.8) is 0 Å². The van der Waals surface area contributed by atoms with E-state index in [2.05, 4.69) is 49.6 Å². The average Bonchev–Trinajstić information content (AvgIpc) is 3.64. The molecule has 0 radical (unpaired) electrons. The number of hydrogen-bond acceptors (Lipinski definition) is 2. The summed E-state index contributed by atoms with van der Waals surface area (Å²) in [6.07, 6.45) is -9.18. The zero-order valence-electron chi connectivity index (χ0n) is 35.9. The third-order valence-electron chi connectivity index (χ3n) is 12.1. The quantitative estimate of drug-likeness (QED) is 0.149. The van der Waals surface area contributed by atoms with Crippen LogP contribution in [0.3, 0.4) is 0 Å². The van der Waals surface area contributed by atoms with Gasteiger partial charge in [-0.25, -0.2) is 9.97 Å². The third-order valence-corrected chi connectivity index (χ3v) is 12.1. The molecule has 2 aromatic heterocycles. The van der Waals surface area contributed by atoms with Crippen LogP contribution in [0.4, 0.5) is 26.3 Å². The van der Waals surface area contributed by atoms with Gasteiger partial charge < -0.3 is 4.57 Å². The molecule has 0 N–H and O–H groups in total. The van der Waals surface area contributed by atoms with Gasteiger partial charge in [-0.15, -0.1) is 0 Å². The molecule has 10 rings (SSSR count). The first-order valence-electron chi connectivity index (χ1n) is 21.4. The molecule has 0 aliphatic carbocycles. The van der Waals surface area contributed by atoms with E-state index >= 15 is 0 Å². The smallest absolute Gasteiger partial charge is 0.308 e. The molecule has 10 aromatic rings. The molecule has 0 atom stereocenters. The van der Waals surface area contributed by atoms with Crippen LogP contribution in [0.25, 0.3) is 94.8 Å². The topological polar surface area (TPSA) is 30.7 Å². The minimum absolute atomic E-state index is 0.318. The summed E-state index contributed by atoms with van der Waals surface area (Å²) < 4.78 is 86.9. The molecule has 0 fully saturated rings. The number of fused-ring (bicyclic) bond motifs is 3. The van der Waals surface area contributed by atoms with E-state index in [0.29, 0.717) is 50.7 Å². The molecule has 0 saturated carbocycles. The van der Waals surface area contributed by atoms with Crippen molar-refractivity contribution >= 4 is 21.8 Å². The van der Waals surface area contributed by atoms with Gasteiger partial charge in [0.05, 0.1) is 39.2 Å². The molecule has 3 nitrogen and oxygen atoms in total. The summed E-state index contributed by atoms with van der Waals surface area (Å²) in [7, 11) is 0. The minimum Gasteiger partial charge on any atom is -0.308 e. The van der Waals surface area contributed by atoms with Crippen LogP contribution < -0.4 is 0 Å². The predicted molar refractivity (Wildman–Crippen MR) is 253 cm³/mol. The first-order valence-corrected chi connectivity index (χ1v) is 21.4. The molecular weight excluding hydrogens is 841 g/mol. The number of hydrogen-bond donors (Lipinski definition) is 0. The van der Waals surface area contributed by atoms with Crippen LogP contribution >= 0.6 is 0 Å². The van der Waals surface area contributed by atoms with E-state index in [1.54, 1.807) is 0 Å². The summed E-state index contributed by atoms with van der Waals surface area (Å²) in [6.45, 7) is 6.26. The zero-order valence-corrected chi connectivity index (χ0v) is 35.9.